The van der Waals surface area contributed by atoms with Crippen molar-refractivity contribution in [1.82, 2.24) is 5.32 Å². The van der Waals surface area contributed by atoms with Gasteiger partial charge in [-0.05, 0) is 37.1 Å². The fraction of sp³-hybridized carbons (Fsp3) is 0.500. The highest BCUT2D eigenvalue weighted by molar-refractivity contribution is 9.10. The second-order valence-electron chi connectivity index (χ2n) is 4.91. The summed E-state index contributed by atoms with van der Waals surface area (Å²) in [5.74, 6) is -0.724. The van der Waals surface area contributed by atoms with Crippen LogP contribution in [0, 0.1) is 6.92 Å². The van der Waals surface area contributed by atoms with E-state index in [1.54, 1.807) is 0 Å². The van der Waals surface area contributed by atoms with Crippen LogP contribution in [0.3, 0.4) is 0 Å². The van der Waals surface area contributed by atoms with Gasteiger partial charge in [-0.3, -0.25) is 4.79 Å². The Bertz CT molecular complexity index is 465. The molecule has 2 rings (SSSR count). The zero-order valence-corrected chi connectivity index (χ0v) is 12.6. The van der Waals surface area contributed by atoms with Crippen LogP contribution in [-0.2, 0) is 4.79 Å². The van der Waals surface area contributed by atoms with Crippen LogP contribution < -0.4 is 10.2 Å². The molecule has 0 spiro atoms. The number of aliphatic carboxylic acids is 1. The monoisotopic (exact) mass is 326 g/mol. The number of hydrogen-bond donors (Lipinski definition) is 2. The number of carbonyl (C=O) groups is 1. The SMILES string of the molecule is Cc1cc(Br)ccc1N1CCNCC1CCC(=O)O. The number of hydrogen-bond acceptors (Lipinski definition) is 3. The van der Waals surface area contributed by atoms with Crippen molar-refractivity contribution in [3.05, 3.63) is 28.2 Å². The van der Waals surface area contributed by atoms with Gasteiger partial charge in [-0.1, -0.05) is 15.9 Å². The van der Waals surface area contributed by atoms with Gasteiger partial charge >= 0.3 is 5.97 Å². The third-order valence-corrected chi connectivity index (χ3v) is 4.00. The van der Waals surface area contributed by atoms with Crippen molar-refractivity contribution in [3.63, 3.8) is 0 Å². The number of anilines is 1. The van der Waals surface area contributed by atoms with E-state index < -0.39 is 5.97 Å². The van der Waals surface area contributed by atoms with Crippen molar-refractivity contribution < 1.29 is 9.90 Å². The normalized spacial score (nSPS) is 19.5. The molecule has 1 atom stereocenters. The fourth-order valence-corrected chi connectivity index (χ4v) is 3.04. The molecule has 1 aromatic rings. The third-order valence-electron chi connectivity index (χ3n) is 3.51. The Morgan fingerprint density at radius 1 is 1.58 bits per heavy atom. The molecule has 0 bridgehead atoms. The minimum Gasteiger partial charge on any atom is -0.481 e. The van der Waals surface area contributed by atoms with Gasteiger partial charge in [-0.2, -0.15) is 0 Å². The highest BCUT2D eigenvalue weighted by atomic mass is 79.9. The number of aryl methyl sites for hydroxylation is 1. The summed E-state index contributed by atoms with van der Waals surface area (Å²) in [6.07, 6.45) is 0.899. The van der Waals surface area contributed by atoms with Crippen LogP contribution in [-0.4, -0.2) is 36.8 Å². The molecular weight excluding hydrogens is 308 g/mol. The molecule has 0 aromatic heterocycles. The largest absolute Gasteiger partial charge is 0.481 e. The molecule has 0 amide bonds. The molecule has 104 valence electrons. The molecule has 0 saturated carbocycles. The summed E-state index contributed by atoms with van der Waals surface area (Å²) < 4.78 is 1.07. The van der Waals surface area contributed by atoms with Crippen molar-refractivity contribution in [3.8, 4) is 0 Å². The zero-order chi connectivity index (χ0) is 13.8. The van der Waals surface area contributed by atoms with Gasteiger partial charge in [0.15, 0.2) is 0 Å². The molecule has 0 radical (unpaired) electrons. The molecule has 1 heterocycles. The zero-order valence-electron chi connectivity index (χ0n) is 11.0. The van der Waals surface area contributed by atoms with Crippen LogP contribution in [0.4, 0.5) is 5.69 Å². The lowest BCUT2D eigenvalue weighted by Crippen LogP contribution is -2.51. The van der Waals surface area contributed by atoms with Crippen LogP contribution in [0.1, 0.15) is 18.4 Å². The maximum atomic E-state index is 10.8. The topological polar surface area (TPSA) is 52.6 Å². The molecule has 1 saturated heterocycles. The summed E-state index contributed by atoms with van der Waals surface area (Å²) in [5.41, 5.74) is 2.43. The van der Waals surface area contributed by atoms with E-state index in [4.69, 9.17) is 5.11 Å². The highest BCUT2D eigenvalue weighted by Crippen LogP contribution is 2.27. The molecule has 1 unspecified atom stereocenters. The second-order valence-corrected chi connectivity index (χ2v) is 5.83. The van der Waals surface area contributed by atoms with Gasteiger partial charge in [0, 0.05) is 42.3 Å². The quantitative estimate of drug-likeness (QED) is 0.892. The predicted molar refractivity (Wildman–Crippen MR) is 79.8 cm³/mol. The lowest BCUT2D eigenvalue weighted by atomic mass is 10.0. The number of carboxylic acids is 1. The van der Waals surface area contributed by atoms with E-state index in [0.717, 1.165) is 24.1 Å². The molecule has 5 heteroatoms. The Kier molecular flexibility index (Phi) is 4.82. The fourth-order valence-electron chi connectivity index (χ4n) is 2.57. The molecule has 19 heavy (non-hydrogen) atoms. The summed E-state index contributed by atoms with van der Waals surface area (Å²) >= 11 is 3.48. The molecule has 0 aliphatic carbocycles. The van der Waals surface area contributed by atoms with E-state index in [-0.39, 0.29) is 12.5 Å². The van der Waals surface area contributed by atoms with Crippen molar-refractivity contribution >= 4 is 27.6 Å². The average molecular weight is 327 g/mol. The number of halogens is 1. The van der Waals surface area contributed by atoms with Gasteiger partial charge in [0.25, 0.3) is 0 Å². The molecule has 4 nitrogen and oxygen atoms in total. The number of nitrogens with one attached hydrogen (secondary N) is 1. The van der Waals surface area contributed by atoms with Gasteiger partial charge in [0.2, 0.25) is 0 Å². The third kappa shape index (κ3) is 3.70. The van der Waals surface area contributed by atoms with Gasteiger partial charge in [-0.25, -0.2) is 0 Å². The minimum absolute atomic E-state index is 0.221. The van der Waals surface area contributed by atoms with E-state index in [0.29, 0.717) is 6.42 Å². The first kappa shape index (κ1) is 14.3. The number of nitrogens with zero attached hydrogens (tertiary/aromatic N) is 1. The molecule has 1 aromatic carbocycles. The number of rotatable bonds is 4. The van der Waals surface area contributed by atoms with Crippen molar-refractivity contribution in [2.24, 2.45) is 0 Å². The number of carboxylic acid groups (broad SMARTS) is 1. The molecule has 1 aliphatic heterocycles. The average Bonchev–Trinajstić information content (AvgIpc) is 2.37. The van der Waals surface area contributed by atoms with Crippen LogP contribution in [0.5, 0.6) is 0 Å². The van der Waals surface area contributed by atoms with Crippen LogP contribution in [0.15, 0.2) is 22.7 Å². The summed E-state index contributed by atoms with van der Waals surface area (Å²) in [7, 11) is 0. The molecule has 1 aliphatic rings. The van der Waals surface area contributed by atoms with E-state index in [1.807, 2.05) is 6.07 Å². The van der Waals surface area contributed by atoms with Crippen molar-refractivity contribution in [1.29, 1.82) is 0 Å². The summed E-state index contributed by atoms with van der Waals surface area (Å²) in [6, 6.07) is 6.51. The molecular formula is C14H19BrN2O2. The van der Waals surface area contributed by atoms with E-state index in [1.165, 1.54) is 11.3 Å². The number of benzene rings is 1. The van der Waals surface area contributed by atoms with Crippen LogP contribution in [0.25, 0.3) is 0 Å². The first-order valence-electron chi connectivity index (χ1n) is 6.53. The Morgan fingerprint density at radius 2 is 2.37 bits per heavy atom. The van der Waals surface area contributed by atoms with Gasteiger partial charge in [0.1, 0.15) is 0 Å². The molecule has 2 N–H and O–H groups in total. The van der Waals surface area contributed by atoms with E-state index in [2.05, 4.69) is 45.2 Å². The van der Waals surface area contributed by atoms with E-state index in [9.17, 15) is 4.79 Å². The van der Waals surface area contributed by atoms with E-state index >= 15 is 0 Å². The Labute approximate surface area is 121 Å². The van der Waals surface area contributed by atoms with Crippen molar-refractivity contribution in [2.45, 2.75) is 25.8 Å². The Hall–Kier alpha value is -1.07. The predicted octanol–water partition coefficient (Wildman–Crippen LogP) is 2.40. The van der Waals surface area contributed by atoms with Crippen LogP contribution >= 0.6 is 15.9 Å². The lowest BCUT2D eigenvalue weighted by Gasteiger charge is -2.38. The number of piperazine rings is 1. The van der Waals surface area contributed by atoms with Gasteiger partial charge < -0.3 is 15.3 Å². The Morgan fingerprint density at radius 3 is 3.05 bits per heavy atom. The second kappa shape index (κ2) is 6.39. The van der Waals surface area contributed by atoms with Gasteiger partial charge in [-0.15, -0.1) is 0 Å². The first-order valence-corrected chi connectivity index (χ1v) is 7.32. The maximum absolute atomic E-state index is 10.8. The highest BCUT2D eigenvalue weighted by Gasteiger charge is 2.24. The van der Waals surface area contributed by atoms with Crippen LogP contribution in [0.2, 0.25) is 0 Å². The lowest BCUT2D eigenvalue weighted by molar-refractivity contribution is -0.137. The first-order chi connectivity index (χ1) is 9.08. The smallest absolute Gasteiger partial charge is 0.303 e. The standard InChI is InChI=1S/C14H19BrN2O2/c1-10-8-11(15)2-4-13(10)17-7-6-16-9-12(17)3-5-14(18)19/h2,4,8,12,16H,3,5-7,9H2,1H3,(H,18,19). The van der Waals surface area contributed by atoms with Crippen molar-refractivity contribution in [2.75, 3.05) is 24.5 Å². The summed E-state index contributed by atoms with van der Waals surface area (Å²) in [4.78, 5) is 13.1. The summed E-state index contributed by atoms with van der Waals surface area (Å²) in [5, 5.41) is 12.2. The van der Waals surface area contributed by atoms with Gasteiger partial charge in [0.05, 0.1) is 0 Å². The Balaban J connectivity index is 2.16. The summed E-state index contributed by atoms with van der Waals surface area (Å²) in [6.45, 7) is 4.81. The maximum Gasteiger partial charge on any atom is 0.303 e. The minimum atomic E-state index is -0.724. The molecule has 1 fully saturated rings.